The molecule has 4 aliphatic rings. The third-order valence-corrected chi connectivity index (χ3v) is 7.70. The van der Waals surface area contributed by atoms with Gasteiger partial charge in [-0.15, -0.1) is 0 Å². The van der Waals surface area contributed by atoms with Gasteiger partial charge >= 0.3 is 0 Å². The predicted molar refractivity (Wildman–Crippen MR) is 122 cm³/mol. The zero-order valence-electron chi connectivity index (χ0n) is 19.4. The van der Waals surface area contributed by atoms with Crippen LogP contribution in [0.25, 0.3) is 0 Å². The lowest BCUT2D eigenvalue weighted by molar-refractivity contribution is -0.153. The molecule has 32 heavy (non-hydrogen) atoms. The van der Waals surface area contributed by atoms with Gasteiger partial charge in [0.05, 0.1) is 26.8 Å². The number of carbonyl (C=O) groups excluding carboxylic acids is 2. The van der Waals surface area contributed by atoms with Crippen molar-refractivity contribution in [2.75, 3.05) is 40.5 Å². The van der Waals surface area contributed by atoms with E-state index in [0.29, 0.717) is 19.7 Å². The summed E-state index contributed by atoms with van der Waals surface area (Å²) in [5.74, 6) is 2.65. The third kappa shape index (κ3) is 5.09. The highest BCUT2D eigenvalue weighted by molar-refractivity contribution is 5.81. The molecule has 4 fully saturated rings. The number of nitrogens with two attached hydrogens (primary N) is 1. The van der Waals surface area contributed by atoms with Gasteiger partial charge in [-0.3, -0.25) is 14.5 Å². The second kappa shape index (κ2) is 9.79. The van der Waals surface area contributed by atoms with Gasteiger partial charge in [0, 0.05) is 25.7 Å². The minimum absolute atomic E-state index is 0.0585. The van der Waals surface area contributed by atoms with Crippen molar-refractivity contribution in [2.24, 2.45) is 23.5 Å². The summed E-state index contributed by atoms with van der Waals surface area (Å²) < 4.78 is 10.6. The Morgan fingerprint density at radius 2 is 1.72 bits per heavy atom. The molecule has 0 atom stereocenters. The topological polar surface area (TPSA) is 85.1 Å². The largest absolute Gasteiger partial charge is 0.497 e. The van der Waals surface area contributed by atoms with E-state index in [-0.39, 0.29) is 24.5 Å². The van der Waals surface area contributed by atoms with E-state index in [0.717, 1.165) is 48.3 Å². The minimum atomic E-state index is -0.428. The van der Waals surface area contributed by atoms with Gasteiger partial charge < -0.3 is 20.1 Å². The number of amides is 2. The van der Waals surface area contributed by atoms with Gasteiger partial charge in [-0.25, -0.2) is 0 Å². The third-order valence-electron chi connectivity index (χ3n) is 7.70. The Morgan fingerprint density at radius 3 is 2.28 bits per heavy atom. The summed E-state index contributed by atoms with van der Waals surface area (Å²) in [5, 5.41) is 0. The number of hydrogen-bond acceptors (Lipinski definition) is 5. The highest BCUT2D eigenvalue weighted by Crippen LogP contribution is 2.58. The molecule has 1 aromatic rings. The normalized spacial score (nSPS) is 28.2. The van der Waals surface area contributed by atoms with Crippen molar-refractivity contribution in [1.29, 1.82) is 0 Å². The molecule has 0 saturated heterocycles. The zero-order chi connectivity index (χ0) is 22.7. The lowest BCUT2D eigenvalue weighted by Gasteiger charge is -2.60. The Balaban J connectivity index is 1.59. The Bertz CT molecular complexity index is 792. The Morgan fingerprint density at radius 1 is 1.06 bits per heavy atom. The summed E-state index contributed by atoms with van der Waals surface area (Å²) in [6, 6.07) is 8.00. The average molecular weight is 444 g/mol. The van der Waals surface area contributed by atoms with Crippen molar-refractivity contribution in [3.8, 4) is 5.75 Å². The first-order chi connectivity index (χ1) is 15.4. The first-order valence-corrected chi connectivity index (χ1v) is 11.8. The molecule has 0 aliphatic heterocycles. The van der Waals surface area contributed by atoms with Crippen molar-refractivity contribution in [2.45, 2.75) is 50.6 Å². The number of ether oxygens (including phenoxy) is 2. The van der Waals surface area contributed by atoms with Gasteiger partial charge in [0.1, 0.15) is 5.75 Å². The van der Waals surface area contributed by atoms with Crippen LogP contribution in [0.5, 0.6) is 5.75 Å². The van der Waals surface area contributed by atoms with Crippen LogP contribution in [0.4, 0.5) is 0 Å². The molecule has 4 saturated carbocycles. The second-order valence-corrected chi connectivity index (χ2v) is 10.1. The van der Waals surface area contributed by atoms with E-state index in [1.807, 2.05) is 23.1 Å². The molecule has 0 radical (unpaired) electrons. The monoisotopic (exact) mass is 443 g/mol. The van der Waals surface area contributed by atoms with Crippen LogP contribution < -0.4 is 10.5 Å². The highest BCUT2D eigenvalue weighted by atomic mass is 16.5. The molecule has 7 heteroatoms. The SMILES string of the molecule is COCCN(CC(N)=O)CC(=O)N(Cc1cccc(OC)c1)C12CC3CC(CC(C3)C1)C2. The Hall–Kier alpha value is -2.12. The lowest BCUT2D eigenvalue weighted by atomic mass is 9.52. The predicted octanol–water partition coefficient (Wildman–Crippen LogP) is 2.43. The fraction of sp³-hybridized carbons (Fsp3) is 0.680. The van der Waals surface area contributed by atoms with Crippen LogP contribution in [-0.2, 0) is 20.9 Å². The van der Waals surface area contributed by atoms with E-state index < -0.39 is 5.91 Å². The lowest BCUT2D eigenvalue weighted by Crippen LogP contribution is -2.62. The molecule has 2 amide bonds. The molecular weight excluding hydrogens is 406 g/mol. The summed E-state index contributed by atoms with van der Waals surface area (Å²) in [6.45, 7) is 1.75. The molecule has 176 valence electrons. The van der Waals surface area contributed by atoms with Crippen LogP contribution >= 0.6 is 0 Å². The van der Waals surface area contributed by atoms with Gasteiger partial charge in [-0.1, -0.05) is 12.1 Å². The number of methoxy groups -OCH3 is 2. The number of primary amides is 1. The van der Waals surface area contributed by atoms with E-state index in [1.165, 1.54) is 19.3 Å². The molecular formula is C25H37N3O4. The van der Waals surface area contributed by atoms with E-state index >= 15 is 0 Å². The van der Waals surface area contributed by atoms with Gasteiger partial charge in [-0.05, 0) is 74.0 Å². The first-order valence-electron chi connectivity index (χ1n) is 11.8. The van der Waals surface area contributed by atoms with Gasteiger partial charge in [0.2, 0.25) is 11.8 Å². The quantitative estimate of drug-likeness (QED) is 0.568. The molecule has 4 bridgehead atoms. The number of hydrogen-bond donors (Lipinski definition) is 1. The molecule has 0 spiro atoms. The Labute approximate surface area is 191 Å². The number of nitrogens with zero attached hydrogens (tertiary/aromatic N) is 2. The minimum Gasteiger partial charge on any atom is -0.497 e. The Kier molecular flexibility index (Phi) is 7.05. The second-order valence-electron chi connectivity index (χ2n) is 10.1. The summed E-state index contributed by atoms with van der Waals surface area (Å²) in [4.78, 5) is 29.4. The summed E-state index contributed by atoms with van der Waals surface area (Å²) >= 11 is 0. The van der Waals surface area contributed by atoms with Crippen molar-refractivity contribution < 1.29 is 19.1 Å². The maximum Gasteiger partial charge on any atom is 0.237 e. The molecule has 4 aliphatic carbocycles. The van der Waals surface area contributed by atoms with E-state index in [1.54, 1.807) is 14.2 Å². The van der Waals surface area contributed by atoms with E-state index in [4.69, 9.17) is 15.2 Å². The number of rotatable bonds is 11. The van der Waals surface area contributed by atoms with Crippen molar-refractivity contribution in [3.63, 3.8) is 0 Å². The summed E-state index contributed by atoms with van der Waals surface area (Å²) in [5.41, 5.74) is 6.46. The van der Waals surface area contributed by atoms with Crippen LogP contribution in [0.3, 0.4) is 0 Å². The van der Waals surface area contributed by atoms with Crippen LogP contribution in [0, 0.1) is 17.8 Å². The molecule has 0 unspecified atom stereocenters. The number of carbonyl (C=O) groups is 2. The summed E-state index contributed by atoms with van der Waals surface area (Å²) in [7, 11) is 3.29. The van der Waals surface area contributed by atoms with E-state index in [2.05, 4.69) is 11.0 Å². The molecule has 1 aromatic carbocycles. The van der Waals surface area contributed by atoms with Gasteiger partial charge in [0.15, 0.2) is 0 Å². The highest BCUT2D eigenvalue weighted by Gasteiger charge is 2.54. The van der Waals surface area contributed by atoms with Crippen molar-refractivity contribution in [3.05, 3.63) is 29.8 Å². The van der Waals surface area contributed by atoms with Crippen molar-refractivity contribution >= 4 is 11.8 Å². The maximum atomic E-state index is 13.8. The average Bonchev–Trinajstić information content (AvgIpc) is 2.74. The fourth-order valence-corrected chi connectivity index (χ4v) is 6.80. The van der Waals surface area contributed by atoms with Crippen LogP contribution in [0.15, 0.2) is 24.3 Å². The summed E-state index contributed by atoms with van der Waals surface area (Å²) in [6.07, 6.45) is 7.26. The molecule has 0 aromatic heterocycles. The molecule has 5 rings (SSSR count). The van der Waals surface area contributed by atoms with Crippen molar-refractivity contribution in [1.82, 2.24) is 9.80 Å². The van der Waals surface area contributed by atoms with Crippen LogP contribution in [0.1, 0.15) is 44.1 Å². The van der Waals surface area contributed by atoms with Crippen LogP contribution in [-0.4, -0.2) is 67.6 Å². The first kappa shape index (κ1) is 23.1. The van der Waals surface area contributed by atoms with Gasteiger partial charge in [-0.2, -0.15) is 0 Å². The fourth-order valence-electron chi connectivity index (χ4n) is 6.80. The van der Waals surface area contributed by atoms with E-state index in [9.17, 15) is 9.59 Å². The zero-order valence-corrected chi connectivity index (χ0v) is 19.4. The molecule has 2 N–H and O–H groups in total. The smallest absolute Gasteiger partial charge is 0.237 e. The van der Waals surface area contributed by atoms with Gasteiger partial charge in [0.25, 0.3) is 0 Å². The number of benzene rings is 1. The molecule has 0 heterocycles. The molecule has 7 nitrogen and oxygen atoms in total. The standard InChI is InChI=1S/C25H37N3O4/c1-31-7-6-27(16-23(26)29)17-24(30)28(15-18-4-3-5-22(11-18)32-2)25-12-19-8-20(13-25)10-21(9-19)14-25/h3-5,11,19-21H,6-10,12-17H2,1-2H3,(H2,26,29). The maximum absolute atomic E-state index is 13.8. The van der Waals surface area contributed by atoms with Crippen LogP contribution in [0.2, 0.25) is 0 Å².